The summed E-state index contributed by atoms with van der Waals surface area (Å²) in [6.45, 7) is 0. The van der Waals surface area contributed by atoms with E-state index in [0.29, 0.717) is 0 Å². The number of fused-ring (bicyclic) bond motifs is 10. The maximum absolute atomic E-state index is 5.68. The number of para-hydroxylation sites is 5. The lowest BCUT2D eigenvalue weighted by atomic mass is 9.99. The minimum atomic E-state index is -0.433. The first-order valence-corrected chi connectivity index (χ1v) is 18.9. The number of nitrogens with zero attached hydrogens (tertiary/aromatic N) is 4. The van der Waals surface area contributed by atoms with E-state index < -0.39 is 6.29 Å². The van der Waals surface area contributed by atoms with Gasteiger partial charge in [0.15, 0.2) is 0 Å². The Kier molecular flexibility index (Phi) is 5.62. The van der Waals surface area contributed by atoms with Crippen LogP contribution in [0.15, 0.2) is 181 Å². The molecule has 8 aromatic carbocycles. The second-order valence-corrected chi connectivity index (χ2v) is 14.7. The average Bonchev–Trinajstić information content (AvgIpc) is 3.87. The Morgan fingerprint density at radius 3 is 1.89 bits per heavy atom. The number of aliphatic imine (C=N–C) groups is 1. The fraction of sp³-hybridized carbons (Fsp3) is 0.0200. The van der Waals surface area contributed by atoms with Gasteiger partial charge in [-0.1, -0.05) is 127 Å². The molecule has 13 rings (SSSR count). The highest BCUT2D eigenvalue weighted by Crippen LogP contribution is 2.49. The molecule has 5 heterocycles. The number of hydrogen-bond acceptors (Lipinski definition) is 2. The monoisotopic (exact) mass is 701 g/mol. The summed E-state index contributed by atoms with van der Waals surface area (Å²) in [7, 11) is 0. The first-order valence-electron chi connectivity index (χ1n) is 18.9. The van der Waals surface area contributed by atoms with Gasteiger partial charge in [-0.15, -0.1) is 0 Å². The molecule has 1 atom stereocenters. The predicted octanol–water partition coefficient (Wildman–Crippen LogP) is 12.5. The number of benzene rings is 8. The van der Waals surface area contributed by atoms with E-state index in [1.54, 1.807) is 0 Å². The number of nitrogens with one attached hydrogen (secondary N) is 1. The second kappa shape index (κ2) is 10.6. The van der Waals surface area contributed by atoms with Crippen LogP contribution in [-0.4, -0.2) is 19.2 Å². The van der Waals surface area contributed by atoms with Crippen molar-refractivity contribution in [2.75, 3.05) is 5.32 Å². The third-order valence-corrected chi connectivity index (χ3v) is 12.0. The molecule has 12 aromatic rings. The van der Waals surface area contributed by atoms with E-state index in [2.05, 4.69) is 195 Å². The van der Waals surface area contributed by atoms with Gasteiger partial charge in [-0.25, -0.2) is 4.99 Å². The fourth-order valence-electron chi connectivity index (χ4n) is 9.81. The predicted molar refractivity (Wildman–Crippen MR) is 230 cm³/mol. The Balaban J connectivity index is 1.32. The van der Waals surface area contributed by atoms with Crippen LogP contribution in [0.4, 0.5) is 5.69 Å². The van der Waals surface area contributed by atoms with Gasteiger partial charge in [0.05, 0.1) is 44.3 Å². The molecule has 0 bridgehead atoms. The van der Waals surface area contributed by atoms with E-state index in [1.807, 2.05) is 0 Å². The zero-order valence-corrected chi connectivity index (χ0v) is 29.6. The Morgan fingerprint density at radius 1 is 0.436 bits per heavy atom. The molecule has 1 aliphatic heterocycles. The van der Waals surface area contributed by atoms with Crippen molar-refractivity contribution < 1.29 is 0 Å². The minimum absolute atomic E-state index is 0.433. The van der Waals surface area contributed by atoms with Gasteiger partial charge in [0.1, 0.15) is 0 Å². The van der Waals surface area contributed by atoms with Crippen LogP contribution in [0, 0.1) is 0 Å². The molecule has 0 spiro atoms. The topological polar surface area (TPSA) is 38.7 Å². The Bertz CT molecular complexity index is 3570. The quantitative estimate of drug-likeness (QED) is 0.196. The molecular formula is C50H31N5. The Hall–Kier alpha value is -7.37. The molecule has 256 valence electrons. The van der Waals surface area contributed by atoms with E-state index in [0.717, 1.165) is 39.2 Å². The number of aromatic nitrogens is 3. The lowest BCUT2D eigenvalue weighted by Crippen LogP contribution is -2.25. The SMILES string of the molecule is c1ccc(C2=NC(n3c4cccc5c4c4c(cc6c7ccccc7n(-c7ccccc7)c6c43)c3cccc4c6ccccc6n5c34)Nc3ccccc32)cc1. The Labute approximate surface area is 314 Å². The van der Waals surface area contributed by atoms with Crippen molar-refractivity contribution in [1.82, 2.24) is 13.5 Å². The second-order valence-electron chi connectivity index (χ2n) is 14.7. The number of anilines is 1. The molecule has 0 saturated heterocycles. The molecule has 0 aliphatic carbocycles. The smallest absolute Gasteiger partial charge is 0.201 e. The van der Waals surface area contributed by atoms with Gasteiger partial charge in [0, 0.05) is 60.2 Å². The van der Waals surface area contributed by atoms with Crippen molar-refractivity contribution in [2.45, 2.75) is 6.29 Å². The largest absolute Gasteiger partial charge is 0.346 e. The van der Waals surface area contributed by atoms with Crippen LogP contribution in [-0.2, 0) is 0 Å². The van der Waals surface area contributed by atoms with Gasteiger partial charge in [-0.05, 0) is 53.9 Å². The first kappa shape index (κ1) is 29.1. The third kappa shape index (κ3) is 3.74. The summed E-state index contributed by atoms with van der Waals surface area (Å²) in [5.74, 6) is 0. The van der Waals surface area contributed by atoms with Crippen molar-refractivity contribution in [3.05, 3.63) is 187 Å². The minimum Gasteiger partial charge on any atom is -0.346 e. The van der Waals surface area contributed by atoms with E-state index in [1.165, 1.54) is 70.7 Å². The molecule has 5 heteroatoms. The molecule has 0 fully saturated rings. The zero-order chi connectivity index (χ0) is 35.8. The van der Waals surface area contributed by atoms with E-state index in [4.69, 9.17) is 4.99 Å². The molecule has 1 N–H and O–H groups in total. The number of hydrogen-bond donors (Lipinski definition) is 1. The maximum Gasteiger partial charge on any atom is 0.201 e. The summed E-state index contributed by atoms with van der Waals surface area (Å²) in [4.78, 5) is 5.68. The highest BCUT2D eigenvalue weighted by Gasteiger charge is 2.31. The van der Waals surface area contributed by atoms with Crippen LogP contribution >= 0.6 is 0 Å². The van der Waals surface area contributed by atoms with Crippen LogP contribution in [0.25, 0.3) is 87.4 Å². The van der Waals surface area contributed by atoms with Gasteiger partial charge in [-0.2, -0.15) is 0 Å². The fourth-order valence-corrected chi connectivity index (χ4v) is 9.81. The Morgan fingerprint density at radius 2 is 1.05 bits per heavy atom. The highest BCUT2D eigenvalue weighted by molar-refractivity contribution is 6.36. The van der Waals surface area contributed by atoms with Gasteiger partial charge < -0.3 is 14.3 Å². The molecule has 0 saturated carbocycles. The normalized spacial score (nSPS) is 14.6. The first-order chi connectivity index (χ1) is 27.3. The molecule has 0 amide bonds. The summed E-state index contributed by atoms with van der Waals surface area (Å²) in [5.41, 5.74) is 13.7. The van der Waals surface area contributed by atoms with Gasteiger partial charge in [0.25, 0.3) is 0 Å². The van der Waals surface area contributed by atoms with Crippen LogP contribution in [0.5, 0.6) is 0 Å². The van der Waals surface area contributed by atoms with Crippen molar-refractivity contribution in [3.8, 4) is 5.69 Å². The summed E-state index contributed by atoms with van der Waals surface area (Å²) < 4.78 is 7.48. The van der Waals surface area contributed by atoms with E-state index >= 15 is 0 Å². The van der Waals surface area contributed by atoms with Crippen LogP contribution in [0.3, 0.4) is 0 Å². The van der Waals surface area contributed by atoms with E-state index in [-0.39, 0.29) is 0 Å². The van der Waals surface area contributed by atoms with E-state index in [9.17, 15) is 0 Å². The van der Waals surface area contributed by atoms with Gasteiger partial charge >= 0.3 is 0 Å². The van der Waals surface area contributed by atoms with Gasteiger partial charge in [0.2, 0.25) is 6.29 Å². The molecule has 4 aromatic heterocycles. The standard InChI is InChI=1S/C50H31N5/c1-3-15-30(16-4-1)46-36-21-7-10-24-39(36)51-50(52-46)55-43-28-14-27-42-45(43)44-37(35-23-13-22-34-32-19-8-12-26-41(32)54(42)47(34)35)29-38-33-20-9-11-25-40(33)53(48(38)49(44)55)31-17-5-2-6-18-31/h1-29,50-51H. The molecule has 5 nitrogen and oxygen atoms in total. The summed E-state index contributed by atoms with van der Waals surface area (Å²) in [6, 6.07) is 63.9. The van der Waals surface area contributed by atoms with Crippen molar-refractivity contribution in [1.29, 1.82) is 0 Å². The maximum atomic E-state index is 5.68. The van der Waals surface area contributed by atoms with Gasteiger partial charge in [-0.3, -0.25) is 4.57 Å². The molecule has 55 heavy (non-hydrogen) atoms. The summed E-state index contributed by atoms with van der Waals surface area (Å²) >= 11 is 0. The van der Waals surface area contributed by atoms with Crippen molar-refractivity contribution >= 4 is 93.1 Å². The van der Waals surface area contributed by atoms with Crippen molar-refractivity contribution in [2.24, 2.45) is 4.99 Å². The molecule has 1 aliphatic rings. The third-order valence-electron chi connectivity index (χ3n) is 12.0. The summed E-state index contributed by atoms with van der Waals surface area (Å²) in [5, 5.41) is 13.9. The molecule has 1 unspecified atom stereocenters. The summed E-state index contributed by atoms with van der Waals surface area (Å²) in [6.07, 6.45) is -0.433. The zero-order valence-electron chi connectivity index (χ0n) is 29.6. The number of rotatable bonds is 3. The van der Waals surface area contributed by atoms with Crippen LogP contribution < -0.4 is 5.32 Å². The van der Waals surface area contributed by atoms with Crippen molar-refractivity contribution in [3.63, 3.8) is 0 Å². The van der Waals surface area contributed by atoms with Crippen LogP contribution in [0.1, 0.15) is 17.4 Å². The van der Waals surface area contributed by atoms with Crippen LogP contribution in [0.2, 0.25) is 0 Å². The highest BCUT2D eigenvalue weighted by atomic mass is 15.3. The lowest BCUT2D eigenvalue weighted by Gasteiger charge is -2.28. The molecular weight excluding hydrogens is 671 g/mol. The lowest BCUT2D eigenvalue weighted by molar-refractivity contribution is 0.625. The molecule has 0 radical (unpaired) electrons. The average molecular weight is 702 g/mol.